The third kappa shape index (κ3) is 1.55. The van der Waals surface area contributed by atoms with Crippen LogP contribution in [0.25, 0.3) is 6.08 Å². The summed E-state index contributed by atoms with van der Waals surface area (Å²) in [5.41, 5.74) is 1.79. The maximum absolute atomic E-state index is 11.7. The van der Waals surface area contributed by atoms with Gasteiger partial charge < -0.3 is 0 Å². The molecule has 1 aliphatic rings. The van der Waals surface area contributed by atoms with Gasteiger partial charge in [-0.05, 0) is 18.4 Å². The molecule has 1 aromatic rings. The van der Waals surface area contributed by atoms with Gasteiger partial charge in [-0.2, -0.15) is 0 Å². The maximum Gasteiger partial charge on any atom is 0.166 e. The zero-order chi connectivity index (χ0) is 9.26. The van der Waals surface area contributed by atoms with E-state index in [1.165, 1.54) is 0 Å². The van der Waals surface area contributed by atoms with Crippen molar-refractivity contribution in [3.8, 4) is 0 Å². The van der Waals surface area contributed by atoms with E-state index in [0.29, 0.717) is 5.92 Å². The van der Waals surface area contributed by atoms with Crippen LogP contribution in [0, 0.1) is 5.92 Å². The van der Waals surface area contributed by atoms with E-state index in [1.54, 1.807) is 6.08 Å². The van der Waals surface area contributed by atoms with Crippen LogP contribution in [0.1, 0.15) is 28.8 Å². The number of hydrogen-bond donors (Lipinski definition) is 0. The largest absolute Gasteiger partial charge is 0.294 e. The fourth-order valence-corrected chi connectivity index (χ4v) is 1.46. The van der Waals surface area contributed by atoms with Crippen molar-refractivity contribution in [1.82, 2.24) is 0 Å². The molecular formula is C12H12O. The van der Waals surface area contributed by atoms with Crippen molar-refractivity contribution in [3.63, 3.8) is 0 Å². The molecule has 0 aromatic heterocycles. The van der Waals surface area contributed by atoms with Gasteiger partial charge in [-0.25, -0.2) is 0 Å². The van der Waals surface area contributed by atoms with Crippen LogP contribution in [0.5, 0.6) is 0 Å². The Bertz CT molecular complexity index is 348. The van der Waals surface area contributed by atoms with E-state index in [4.69, 9.17) is 0 Å². The summed E-state index contributed by atoms with van der Waals surface area (Å²) in [4.78, 5) is 11.7. The first-order chi connectivity index (χ1) is 6.33. The highest BCUT2D eigenvalue weighted by molar-refractivity contribution is 6.02. The average Bonchev–Trinajstić information content (AvgIpc) is 3.00. The van der Waals surface area contributed by atoms with Crippen LogP contribution >= 0.6 is 0 Å². The lowest BCUT2D eigenvalue weighted by atomic mass is 10.0. The fraction of sp³-hybridized carbons (Fsp3) is 0.250. The Balaban J connectivity index is 2.37. The van der Waals surface area contributed by atoms with Crippen molar-refractivity contribution in [1.29, 1.82) is 0 Å². The number of hydrogen-bond acceptors (Lipinski definition) is 1. The minimum absolute atomic E-state index is 0.288. The molecule has 0 saturated heterocycles. The Morgan fingerprint density at radius 1 is 1.38 bits per heavy atom. The quantitative estimate of drug-likeness (QED) is 0.641. The van der Waals surface area contributed by atoms with E-state index in [9.17, 15) is 4.79 Å². The van der Waals surface area contributed by atoms with Gasteiger partial charge in [0.25, 0.3) is 0 Å². The zero-order valence-electron chi connectivity index (χ0n) is 7.49. The van der Waals surface area contributed by atoms with Gasteiger partial charge in [0.05, 0.1) is 0 Å². The van der Waals surface area contributed by atoms with Crippen molar-refractivity contribution in [2.24, 2.45) is 5.92 Å². The SMILES string of the molecule is C=Cc1ccccc1C(=O)C1CC1. The van der Waals surface area contributed by atoms with Gasteiger partial charge in [0.15, 0.2) is 5.78 Å². The molecule has 66 valence electrons. The Hall–Kier alpha value is -1.37. The summed E-state index contributed by atoms with van der Waals surface area (Å²) in [6.07, 6.45) is 3.87. The fourth-order valence-electron chi connectivity index (χ4n) is 1.46. The predicted molar refractivity (Wildman–Crippen MR) is 53.6 cm³/mol. The van der Waals surface area contributed by atoms with Crippen molar-refractivity contribution in [3.05, 3.63) is 42.0 Å². The standard InChI is InChI=1S/C12H12O/c1-2-9-5-3-4-6-11(9)12(13)10-7-8-10/h2-6,10H,1,7-8H2. The predicted octanol–water partition coefficient (Wildman–Crippen LogP) is 2.92. The number of benzene rings is 1. The lowest BCUT2D eigenvalue weighted by molar-refractivity contribution is 0.0967. The summed E-state index contributed by atoms with van der Waals surface area (Å²) in [6.45, 7) is 3.70. The van der Waals surface area contributed by atoms with Gasteiger partial charge in [0, 0.05) is 11.5 Å². The first kappa shape index (κ1) is 8.24. The van der Waals surface area contributed by atoms with Crippen LogP contribution in [0.3, 0.4) is 0 Å². The summed E-state index contributed by atoms with van der Waals surface area (Å²) in [5, 5.41) is 0. The van der Waals surface area contributed by atoms with Crippen molar-refractivity contribution < 1.29 is 4.79 Å². The molecule has 0 spiro atoms. The molecular weight excluding hydrogens is 160 g/mol. The molecule has 0 radical (unpaired) electrons. The molecule has 0 unspecified atom stereocenters. The third-order valence-electron chi connectivity index (χ3n) is 2.39. The Kier molecular flexibility index (Phi) is 2.01. The molecule has 1 fully saturated rings. The van der Waals surface area contributed by atoms with Crippen LogP contribution in [-0.4, -0.2) is 5.78 Å². The first-order valence-corrected chi connectivity index (χ1v) is 4.58. The molecule has 0 heterocycles. The molecule has 1 aliphatic carbocycles. The summed E-state index contributed by atoms with van der Waals surface area (Å²) in [6, 6.07) is 7.66. The number of rotatable bonds is 3. The highest BCUT2D eigenvalue weighted by atomic mass is 16.1. The summed E-state index contributed by atoms with van der Waals surface area (Å²) in [7, 11) is 0. The van der Waals surface area contributed by atoms with Gasteiger partial charge in [-0.3, -0.25) is 4.79 Å². The van der Waals surface area contributed by atoms with Crippen molar-refractivity contribution >= 4 is 11.9 Å². The molecule has 0 N–H and O–H groups in total. The summed E-state index contributed by atoms with van der Waals surface area (Å²) in [5.74, 6) is 0.580. The molecule has 2 rings (SSSR count). The van der Waals surface area contributed by atoms with Crippen LogP contribution in [-0.2, 0) is 0 Å². The number of ketones is 1. The minimum atomic E-state index is 0.288. The van der Waals surface area contributed by atoms with E-state index in [0.717, 1.165) is 24.0 Å². The Labute approximate surface area is 78.1 Å². The lowest BCUT2D eigenvalue weighted by Gasteiger charge is -2.02. The highest BCUT2D eigenvalue weighted by Crippen LogP contribution is 2.33. The molecule has 0 amide bonds. The van der Waals surface area contributed by atoms with Crippen LogP contribution < -0.4 is 0 Å². The van der Waals surface area contributed by atoms with Gasteiger partial charge >= 0.3 is 0 Å². The number of carbonyl (C=O) groups is 1. The maximum atomic E-state index is 11.7. The molecule has 1 aromatic carbocycles. The second kappa shape index (κ2) is 3.17. The molecule has 1 nitrogen and oxygen atoms in total. The Morgan fingerprint density at radius 3 is 2.69 bits per heavy atom. The van der Waals surface area contributed by atoms with Crippen LogP contribution in [0.15, 0.2) is 30.8 Å². The zero-order valence-corrected chi connectivity index (χ0v) is 7.49. The summed E-state index contributed by atoms with van der Waals surface area (Å²) >= 11 is 0. The monoisotopic (exact) mass is 172 g/mol. The first-order valence-electron chi connectivity index (χ1n) is 4.58. The van der Waals surface area contributed by atoms with E-state index < -0.39 is 0 Å². The average molecular weight is 172 g/mol. The molecule has 0 atom stereocenters. The third-order valence-corrected chi connectivity index (χ3v) is 2.39. The van der Waals surface area contributed by atoms with Crippen LogP contribution in [0.4, 0.5) is 0 Å². The molecule has 1 heteroatoms. The molecule has 1 saturated carbocycles. The van der Waals surface area contributed by atoms with Crippen molar-refractivity contribution in [2.45, 2.75) is 12.8 Å². The number of carbonyl (C=O) groups excluding carboxylic acids is 1. The second-order valence-corrected chi connectivity index (χ2v) is 3.43. The summed E-state index contributed by atoms with van der Waals surface area (Å²) < 4.78 is 0. The smallest absolute Gasteiger partial charge is 0.166 e. The molecule has 0 bridgehead atoms. The molecule has 0 aliphatic heterocycles. The highest BCUT2D eigenvalue weighted by Gasteiger charge is 2.30. The van der Waals surface area contributed by atoms with E-state index in [2.05, 4.69) is 6.58 Å². The van der Waals surface area contributed by atoms with E-state index in [1.807, 2.05) is 24.3 Å². The van der Waals surface area contributed by atoms with Gasteiger partial charge in [-0.1, -0.05) is 36.9 Å². The van der Waals surface area contributed by atoms with Crippen LogP contribution in [0.2, 0.25) is 0 Å². The minimum Gasteiger partial charge on any atom is -0.294 e. The second-order valence-electron chi connectivity index (χ2n) is 3.43. The van der Waals surface area contributed by atoms with E-state index >= 15 is 0 Å². The van der Waals surface area contributed by atoms with E-state index in [-0.39, 0.29) is 5.78 Å². The topological polar surface area (TPSA) is 17.1 Å². The van der Waals surface area contributed by atoms with Gasteiger partial charge in [0.2, 0.25) is 0 Å². The number of Topliss-reactive ketones (excluding diaryl/α,β-unsaturated/α-hetero) is 1. The molecule has 13 heavy (non-hydrogen) atoms. The van der Waals surface area contributed by atoms with Gasteiger partial charge in [-0.15, -0.1) is 0 Å². The lowest BCUT2D eigenvalue weighted by Crippen LogP contribution is -2.03. The van der Waals surface area contributed by atoms with Crippen molar-refractivity contribution in [2.75, 3.05) is 0 Å². The normalized spacial score (nSPS) is 15.4. The Morgan fingerprint density at radius 2 is 2.08 bits per heavy atom. The van der Waals surface area contributed by atoms with Gasteiger partial charge in [0.1, 0.15) is 0 Å².